The van der Waals surface area contributed by atoms with Gasteiger partial charge in [0.2, 0.25) is 0 Å². The van der Waals surface area contributed by atoms with Crippen LogP contribution in [0.4, 0.5) is 11.4 Å². The molecule has 4 N–H and O–H groups in total. The Morgan fingerprint density at radius 3 is 2.42 bits per heavy atom. The maximum atomic E-state index is 6.25. The number of hydrogen-bond acceptors (Lipinski definition) is 3. The lowest BCUT2D eigenvalue weighted by Gasteiger charge is -2.25. The van der Waals surface area contributed by atoms with Crippen LogP contribution in [0.1, 0.15) is 75.3 Å². The van der Waals surface area contributed by atoms with Crippen molar-refractivity contribution in [3.05, 3.63) is 47.5 Å². The van der Waals surface area contributed by atoms with E-state index >= 15 is 0 Å². The minimum absolute atomic E-state index is 0.589. The van der Waals surface area contributed by atoms with Gasteiger partial charge >= 0.3 is 0 Å². The number of nitrogen functional groups attached to an aromatic ring is 2. The van der Waals surface area contributed by atoms with E-state index in [1.165, 1.54) is 62.5 Å². The van der Waals surface area contributed by atoms with Crippen molar-refractivity contribution in [3.63, 3.8) is 0 Å². The Balaban J connectivity index is 1.86. The van der Waals surface area contributed by atoms with Crippen LogP contribution in [0.3, 0.4) is 0 Å². The Morgan fingerprint density at radius 2 is 1.69 bits per heavy atom. The molecule has 1 fully saturated rings. The van der Waals surface area contributed by atoms with E-state index in [4.69, 9.17) is 16.2 Å². The molecule has 140 valence electrons. The molecular weight excluding hydrogens is 320 g/mol. The molecule has 1 aliphatic carbocycles. The molecule has 1 saturated carbocycles. The zero-order valence-electron chi connectivity index (χ0n) is 16.0. The Labute approximate surface area is 157 Å². The lowest BCUT2D eigenvalue weighted by atomic mass is 9.83. The van der Waals surface area contributed by atoms with Crippen LogP contribution in [0.25, 0.3) is 0 Å². The second-order valence-corrected chi connectivity index (χ2v) is 7.56. The van der Waals surface area contributed by atoms with Gasteiger partial charge in [-0.1, -0.05) is 51.2 Å². The number of benzene rings is 2. The van der Waals surface area contributed by atoms with Gasteiger partial charge in [0.05, 0.1) is 5.69 Å². The number of rotatable bonds is 7. The fraction of sp³-hybridized carbons (Fsp3) is 0.478. The smallest absolute Gasteiger partial charge is 0.150 e. The zero-order valence-corrected chi connectivity index (χ0v) is 16.0. The Hall–Kier alpha value is -2.16. The van der Waals surface area contributed by atoms with Crippen LogP contribution in [-0.2, 0) is 6.42 Å². The van der Waals surface area contributed by atoms with Gasteiger partial charge in [0.25, 0.3) is 0 Å². The van der Waals surface area contributed by atoms with Gasteiger partial charge in [-0.2, -0.15) is 0 Å². The molecular formula is C23H32N2O. The van der Waals surface area contributed by atoms with Gasteiger partial charge in [0.1, 0.15) is 11.5 Å². The van der Waals surface area contributed by atoms with Gasteiger partial charge in [-0.15, -0.1) is 0 Å². The summed E-state index contributed by atoms with van der Waals surface area (Å²) in [4.78, 5) is 0. The second-order valence-electron chi connectivity index (χ2n) is 7.56. The van der Waals surface area contributed by atoms with Crippen LogP contribution in [0.15, 0.2) is 36.4 Å². The summed E-state index contributed by atoms with van der Waals surface area (Å²) in [5, 5.41) is 0. The first-order valence-electron chi connectivity index (χ1n) is 10.1. The van der Waals surface area contributed by atoms with Crippen molar-refractivity contribution in [2.75, 3.05) is 11.5 Å². The van der Waals surface area contributed by atoms with Crippen LogP contribution >= 0.6 is 0 Å². The summed E-state index contributed by atoms with van der Waals surface area (Å²) in [6, 6.07) is 12.2. The van der Waals surface area contributed by atoms with Gasteiger partial charge in [0.15, 0.2) is 0 Å². The maximum Gasteiger partial charge on any atom is 0.150 e. The second kappa shape index (κ2) is 8.98. The first-order chi connectivity index (χ1) is 12.7. The van der Waals surface area contributed by atoms with E-state index in [0.717, 1.165) is 12.2 Å². The molecule has 2 aromatic rings. The summed E-state index contributed by atoms with van der Waals surface area (Å²) in [5.74, 6) is 2.24. The third-order valence-electron chi connectivity index (χ3n) is 5.44. The van der Waals surface area contributed by atoms with Crippen LogP contribution < -0.4 is 16.2 Å². The SMILES string of the molecule is CCCCCc1ccc(Oc2ccc(N)cc2N)c(C2CCCCC2)c1. The highest BCUT2D eigenvalue weighted by atomic mass is 16.5. The Morgan fingerprint density at radius 1 is 0.923 bits per heavy atom. The Kier molecular flexibility index (Phi) is 6.43. The number of aryl methyl sites for hydroxylation is 1. The quantitative estimate of drug-likeness (QED) is 0.446. The highest BCUT2D eigenvalue weighted by Crippen LogP contribution is 2.40. The number of hydrogen-bond donors (Lipinski definition) is 2. The highest BCUT2D eigenvalue weighted by molar-refractivity contribution is 5.61. The molecule has 3 nitrogen and oxygen atoms in total. The lowest BCUT2D eigenvalue weighted by Crippen LogP contribution is -2.07. The minimum atomic E-state index is 0.589. The molecule has 0 radical (unpaired) electrons. The van der Waals surface area contributed by atoms with Crippen LogP contribution in [-0.4, -0.2) is 0 Å². The molecule has 0 bridgehead atoms. The van der Waals surface area contributed by atoms with Gasteiger partial charge in [-0.05, 0) is 67.0 Å². The summed E-state index contributed by atoms with van der Waals surface area (Å²) in [7, 11) is 0. The van der Waals surface area contributed by atoms with E-state index in [9.17, 15) is 0 Å². The van der Waals surface area contributed by atoms with E-state index in [-0.39, 0.29) is 0 Å². The minimum Gasteiger partial charge on any atom is -0.455 e. The molecule has 3 rings (SSSR count). The van der Waals surface area contributed by atoms with Crippen molar-refractivity contribution < 1.29 is 4.74 Å². The summed E-state index contributed by atoms with van der Waals surface area (Å²) in [6.07, 6.45) is 11.4. The Bertz CT molecular complexity index is 720. The first-order valence-corrected chi connectivity index (χ1v) is 10.1. The van der Waals surface area contributed by atoms with Gasteiger partial charge in [0, 0.05) is 5.69 Å². The molecule has 0 aromatic heterocycles. The van der Waals surface area contributed by atoms with E-state index in [1.807, 2.05) is 12.1 Å². The largest absolute Gasteiger partial charge is 0.455 e. The van der Waals surface area contributed by atoms with Crippen LogP contribution in [0.5, 0.6) is 11.5 Å². The molecule has 0 spiro atoms. The van der Waals surface area contributed by atoms with Crippen molar-refractivity contribution in [2.24, 2.45) is 0 Å². The van der Waals surface area contributed by atoms with E-state index < -0.39 is 0 Å². The molecule has 26 heavy (non-hydrogen) atoms. The molecule has 0 unspecified atom stereocenters. The third-order valence-corrected chi connectivity index (χ3v) is 5.44. The maximum absolute atomic E-state index is 6.25. The van der Waals surface area contributed by atoms with Crippen LogP contribution in [0, 0.1) is 0 Å². The van der Waals surface area contributed by atoms with Gasteiger partial charge in [-0.3, -0.25) is 0 Å². The van der Waals surface area contributed by atoms with Crippen molar-refractivity contribution in [1.29, 1.82) is 0 Å². The highest BCUT2D eigenvalue weighted by Gasteiger charge is 2.20. The summed E-state index contributed by atoms with van der Waals surface area (Å²) in [5.41, 5.74) is 15.9. The third kappa shape index (κ3) is 4.72. The van der Waals surface area contributed by atoms with Gasteiger partial charge < -0.3 is 16.2 Å². The number of ether oxygens (including phenoxy) is 1. The molecule has 0 amide bonds. The van der Waals surface area contributed by atoms with E-state index in [1.54, 1.807) is 6.07 Å². The number of anilines is 2. The van der Waals surface area contributed by atoms with Crippen molar-refractivity contribution in [2.45, 2.75) is 70.6 Å². The molecule has 0 saturated heterocycles. The first kappa shape index (κ1) is 18.6. The molecule has 3 heteroatoms. The lowest BCUT2D eigenvalue weighted by molar-refractivity contribution is 0.419. The fourth-order valence-electron chi connectivity index (χ4n) is 3.94. The topological polar surface area (TPSA) is 61.3 Å². The summed E-state index contributed by atoms with van der Waals surface area (Å²) in [6.45, 7) is 2.25. The molecule has 0 atom stereocenters. The number of nitrogens with two attached hydrogens (primary N) is 2. The van der Waals surface area contributed by atoms with E-state index in [0.29, 0.717) is 23.0 Å². The normalized spacial score (nSPS) is 15.1. The molecule has 0 heterocycles. The fourth-order valence-corrected chi connectivity index (χ4v) is 3.94. The predicted molar refractivity (Wildman–Crippen MR) is 111 cm³/mol. The molecule has 1 aliphatic rings. The average Bonchev–Trinajstić information content (AvgIpc) is 2.66. The van der Waals surface area contributed by atoms with Crippen molar-refractivity contribution in [1.82, 2.24) is 0 Å². The summed E-state index contributed by atoms with van der Waals surface area (Å²) < 4.78 is 6.25. The molecule has 0 aliphatic heterocycles. The zero-order chi connectivity index (χ0) is 18.4. The monoisotopic (exact) mass is 352 g/mol. The van der Waals surface area contributed by atoms with E-state index in [2.05, 4.69) is 25.1 Å². The van der Waals surface area contributed by atoms with Gasteiger partial charge in [-0.25, -0.2) is 0 Å². The van der Waals surface area contributed by atoms with Crippen molar-refractivity contribution >= 4 is 11.4 Å². The van der Waals surface area contributed by atoms with Crippen molar-refractivity contribution in [3.8, 4) is 11.5 Å². The summed E-state index contributed by atoms with van der Waals surface area (Å²) >= 11 is 0. The molecule has 2 aromatic carbocycles. The standard InChI is InChI=1S/C23H32N2O/c1-2-3-5-8-17-11-13-22(20(15-17)18-9-6-4-7-10-18)26-23-14-12-19(24)16-21(23)25/h11-16,18H,2-10,24-25H2,1H3. The average molecular weight is 353 g/mol. The number of unbranched alkanes of at least 4 members (excludes halogenated alkanes) is 2. The van der Waals surface area contributed by atoms with Crippen LogP contribution in [0.2, 0.25) is 0 Å². The predicted octanol–water partition coefficient (Wildman–Crippen LogP) is 6.42.